The van der Waals surface area contributed by atoms with E-state index in [1.165, 1.54) is 13.8 Å². The minimum absolute atomic E-state index is 0.176. The molecule has 0 amide bonds. The summed E-state index contributed by atoms with van der Waals surface area (Å²) in [6.45, 7) is 3.55. The number of hydrogen-bond donors (Lipinski definition) is 2. The number of ether oxygens (including phenoxy) is 1. The maximum Gasteiger partial charge on any atom is 0.417 e. The molecule has 180 valence electrons. The molecule has 34 heavy (non-hydrogen) atoms. The van der Waals surface area contributed by atoms with Crippen LogP contribution >= 0.6 is 0 Å². The van der Waals surface area contributed by atoms with Crippen molar-refractivity contribution in [3.63, 3.8) is 0 Å². The molecular weight excluding hydrogens is 465 g/mol. The highest BCUT2D eigenvalue weighted by molar-refractivity contribution is 6.03. The number of carbonyl (C=O) groups is 1. The van der Waals surface area contributed by atoms with Gasteiger partial charge in [-0.2, -0.15) is 17.9 Å². The number of aromatic hydroxyl groups is 2. The van der Waals surface area contributed by atoms with Crippen LogP contribution in [-0.2, 0) is 10.9 Å². The first kappa shape index (κ1) is 24.4. The van der Waals surface area contributed by atoms with Gasteiger partial charge in [-0.3, -0.25) is 10.1 Å². The van der Waals surface area contributed by atoms with Crippen LogP contribution in [0.1, 0.15) is 34.2 Å². The van der Waals surface area contributed by atoms with Gasteiger partial charge in [0.1, 0.15) is 5.56 Å². The molecule has 0 bridgehead atoms. The Hall–Kier alpha value is -4.29. The number of carbonyl (C=O) groups excluding carboxylic acids is 1. The Kier molecular flexibility index (Phi) is 6.14. The zero-order valence-corrected chi connectivity index (χ0v) is 17.9. The van der Waals surface area contributed by atoms with E-state index in [9.17, 15) is 43.5 Å². The number of phenols is 2. The Labute approximate surface area is 189 Å². The van der Waals surface area contributed by atoms with Crippen LogP contribution < -0.4 is 4.73 Å². The van der Waals surface area contributed by atoms with Gasteiger partial charge in [-0.05, 0) is 18.6 Å². The molecule has 13 heteroatoms. The average Bonchev–Trinajstić information content (AvgIpc) is 3.17. The quantitative estimate of drug-likeness (QED) is 0.136. The van der Waals surface area contributed by atoms with Crippen LogP contribution in [0.2, 0.25) is 0 Å². The van der Waals surface area contributed by atoms with Gasteiger partial charge < -0.3 is 24.6 Å². The van der Waals surface area contributed by atoms with Gasteiger partial charge in [-0.25, -0.2) is 4.79 Å². The molecule has 3 rings (SSSR count). The molecular formula is C21H17F3N2O8. The van der Waals surface area contributed by atoms with E-state index in [0.29, 0.717) is 6.07 Å². The number of hydrogen-bond acceptors (Lipinski definition) is 8. The first-order valence-electron chi connectivity index (χ1n) is 9.60. The number of pyridine rings is 1. The fraction of sp³-hybridized carbons (Fsp3) is 0.238. The maximum atomic E-state index is 13.9. The van der Waals surface area contributed by atoms with Gasteiger partial charge in [0, 0.05) is 31.5 Å². The molecule has 0 spiro atoms. The summed E-state index contributed by atoms with van der Waals surface area (Å²) < 4.78 is 52.1. The molecule has 2 N–H and O–H groups in total. The second-order valence-corrected chi connectivity index (χ2v) is 7.15. The van der Waals surface area contributed by atoms with Gasteiger partial charge in [-0.15, -0.1) is 0 Å². The lowest BCUT2D eigenvalue weighted by atomic mass is 9.95. The number of furan rings is 1. The molecule has 10 nitrogen and oxygen atoms in total. The van der Waals surface area contributed by atoms with E-state index in [0.717, 1.165) is 25.3 Å². The number of nitro benzene ring substituents is 1. The van der Waals surface area contributed by atoms with Crippen molar-refractivity contribution in [3.8, 4) is 33.9 Å². The Bertz CT molecular complexity index is 1310. The first-order valence-corrected chi connectivity index (χ1v) is 9.60. The molecule has 0 aliphatic heterocycles. The third-order valence-electron chi connectivity index (χ3n) is 4.99. The molecule has 0 radical (unpaired) electrons. The van der Waals surface area contributed by atoms with Gasteiger partial charge in [0.2, 0.25) is 11.4 Å². The second-order valence-electron chi connectivity index (χ2n) is 7.15. The number of nitrogens with zero attached hydrogens (tertiary/aromatic N) is 2. The van der Waals surface area contributed by atoms with Gasteiger partial charge in [0.25, 0.3) is 0 Å². The van der Waals surface area contributed by atoms with Crippen molar-refractivity contribution in [2.24, 2.45) is 0 Å². The van der Waals surface area contributed by atoms with Gasteiger partial charge in [0.05, 0.1) is 28.9 Å². The zero-order chi connectivity index (χ0) is 25.5. The van der Waals surface area contributed by atoms with E-state index in [4.69, 9.17) is 9.15 Å². The summed E-state index contributed by atoms with van der Waals surface area (Å²) in [5.41, 5.74) is -4.62. The van der Waals surface area contributed by atoms with E-state index in [1.807, 2.05) is 0 Å². The summed E-state index contributed by atoms with van der Waals surface area (Å²) >= 11 is 0. The molecule has 2 heterocycles. The topological polar surface area (TPSA) is 150 Å². The predicted octanol–water partition coefficient (Wildman–Crippen LogP) is 4.38. The van der Waals surface area contributed by atoms with Crippen LogP contribution in [0.4, 0.5) is 18.9 Å². The summed E-state index contributed by atoms with van der Waals surface area (Å²) in [6.07, 6.45) is -4.10. The summed E-state index contributed by atoms with van der Waals surface area (Å²) in [7, 11) is 0. The van der Waals surface area contributed by atoms with E-state index in [1.54, 1.807) is 0 Å². The number of aryl methyl sites for hydroxylation is 1. The normalized spacial score (nSPS) is 11.5. The average molecular weight is 482 g/mol. The third-order valence-corrected chi connectivity index (χ3v) is 4.99. The van der Waals surface area contributed by atoms with E-state index in [2.05, 4.69) is 0 Å². The number of nitro groups is 1. The Morgan fingerprint density at radius 1 is 1.24 bits per heavy atom. The Morgan fingerprint density at radius 3 is 2.44 bits per heavy atom. The minimum Gasteiger partial charge on any atom is -0.618 e. The highest BCUT2D eigenvalue weighted by Gasteiger charge is 2.41. The lowest BCUT2D eigenvalue weighted by Gasteiger charge is -2.16. The largest absolute Gasteiger partial charge is 0.618 e. The van der Waals surface area contributed by atoms with Crippen molar-refractivity contribution in [2.45, 2.75) is 26.9 Å². The highest BCUT2D eigenvalue weighted by Crippen LogP contribution is 2.45. The van der Waals surface area contributed by atoms with Crippen molar-refractivity contribution in [3.05, 3.63) is 62.3 Å². The van der Waals surface area contributed by atoms with Gasteiger partial charge in [-0.1, -0.05) is 0 Å². The minimum atomic E-state index is -4.94. The predicted molar refractivity (Wildman–Crippen MR) is 109 cm³/mol. The van der Waals surface area contributed by atoms with E-state index >= 15 is 0 Å². The molecule has 2 aromatic heterocycles. The lowest BCUT2D eigenvalue weighted by molar-refractivity contribution is -0.618. The molecule has 3 aromatic rings. The summed E-state index contributed by atoms with van der Waals surface area (Å²) in [6, 6.07) is 2.26. The number of phenolic OH excluding ortho intramolecular Hbond substituents is 2. The molecule has 0 aliphatic rings. The SMILES string of the molecule is CCOC(=O)c1c(-c2cc(O)c(O)c([N+](=O)[O-])c2)coc1-c1c(C(F)(F)F)cc(C)[n+]([O-])c1C. The first-order chi connectivity index (χ1) is 15.8. The molecule has 0 aliphatic carbocycles. The van der Waals surface area contributed by atoms with E-state index in [-0.39, 0.29) is 28.2 Å². The van der Waals surface area contributed by atoms with Crippen LogP contribution in [0.25, 0.3) is 22.5 Å². The maximum absolute atomic E-state index is 13.9. The molecule has 0 atom stereocenters. The van der Waals surface area contributed by atoms with Crippen LogP contribution in [0, 0.1) is 29.2 Å². The van der Waals surface area contributed by atoms with Gasteiger partial charge in [0.15, 0.2) is 17.2 Å². The van der Waals surface area contributed by atoms with Crippen LogP contribution in [0.15, 0.2) is 28.9 Å². The number of halogens is 3. The van der Waals surface area contributed by atoms with Gasteiger partial charge >= 0.3 is 17.8 Å². The summed E-state index contributed by atoms with van der Waals surface area (Å²) in [5, 5.41) is 43.3. The molecule has 0 saturated carbocycles. The monoisotopic (exact) mass is 482 g/mol. The van der Waals surface area contributed by atoms with Crippen LogP contribution in [0.3, 0.4) is 0 Å². The molecule has 0 saturated heterocycles. The Morgan fingerprint density at radius 2 is 1.88 bits per heavy atom. The molecule has 0 fully saturated rings. The fourth-order valence-corrected chi connectivity index (χ4v) is 3.47. The summed E-state index contributed by atoms with van der Waals surface area (Å²) in [4.78, 5) is 23.0. The molecule has 1 aromatic carbocycles. The summed E-state index contributed by atoms with van der Waals surface area (Å²) in [5.74, 6) is -3.75. The van der Waals surface area contributed by atoms with Crippen molar-refractivity contribution < 1.29 is 47.0 Å². The standard InChI is InChI=1S/C21H17F3N2O8/c1-4-33-20(29)17-12(11-6-14(26(31)32)18(28)15(27)7-11)8-34-19(17)16-10(3)25(30)9(2)5-13(16)21(22,23)24/h5-8,27-28H,4H2,1-3H3. The number of rotatable bonds is 5. The number of alkyl halides is 3. The van der Waals surface area contributed by atoms with Crippen molar-refractivity contribution in [1.29, 1.82) is 0 Å². The lowest BCUT2D eigenvalue weighted by Crippen LogP contribution is -2.35. The third kappa shape index (κ3) is 4.07. The van der Waals surface area contributed by atoms with Crippen molar-refractivity contribution >= 4 is 11.7 Å². The van der Waals surface area contributed by atoms with Crippen LogP contribution in [-0.4, -0.2) is 27.7 Å². The highest BCUT2D eigenvalue weighted by atomic mass is 19.4. The zero-order valence-electron chi connectivity index (χ0n) is 17.9. The number of aromatic nitrogens is 1. The Balaban J connectivity index is 2.42. The second kappa shape index (κ2) is 8.57. The number of benzene rings is 1. The van der Waals surface area contributed by atoms with Crippen molar-refractivity contribution in [1.82, 2.24) is 0 Å². The molecule has 0 unspecified atom stereocenters. The smallest absolute Gasteiger partial charge is 0.417 e. The number of esters is 1. The fourth-order valence-electron chi connectivity index (χ4n) is 3.47. The van der Waals surface area contributed by atoms with Crippen LogP contribution in [0.5, 0.6) is 11.5 Å². The van der Waals surface area contributed by atoms with E-state index < -0.39 is 62.4 Å². The van der Waals surface area contributed by atoms with Crippen molar-refractivity contribution in [2.75, 3.05) is 6.61 Å².